The van der Waals surface area contributed by atoms with E-state index < -0.39 is 67.5 Å². The minimum atomic E-state index is -4.38. The fourth-order valence-electron chi connectivity index (χ4n) is 4.14. The monoisotopic (exact) mass is 517 g/mol. The molecule has 0 radical (unpaired) electrons. The minimum absolute atomic E-state index is 0.0408. The molecule has 2 unspecified atom stereocenters. The van der Waals surface area contributed by atoms with Crippen LogP contribution in [0.2, 0.25) is 0 Å². The Bertz CT molecular complexity index is 1220. The second-order valence-corrected chi connectivity index (χ2v) is 10.8. The zero-order valence-corrected chi connectivity index (χ0v) is 20.0. The Kier molecular flexibility index (Phi) is 6.64. The molecule has 2 saturated heterocycles. The molecule has 0 aliphatic carbocycles. The van der Waals surface area contributed by atoms with Gasteiger partial charge < -0.3 is 20.7 Å². The molecule has 1 aromatic carbocycles. The molecular weight excluding hydrogens is 491 g/mol. The summed E-state index contributed by atoms with van der Waals surface area (Å²) in [5, 5.41) is 21.4. The number of aromatic nitrogens is 2. The molecule has 2 aliphatic heterocycles. The number of benzene rings is 1. The van der Waals surface area contributed by atoms with Gasteiger partial charge in [0.05, 0.1) is 12.2 Å². The summed E-state index contributed by atoms with van der Waals surface area (Å²) in [6.45, 7) is 3.82. The van der Waals surface area contributed by atoms with Gasteiger partial charge in [-0.1, -0.05) is 12.1 Å². The van der Waals surface area contributed by atoms with E-state index in [4.69, 9.17) is 24.0 Å². The van der Waals surface area contributed by atoms with Crippen molar-refractivity contribution in [3.05, 3.63) is 58.1 Å². The maximum atomic E-state index is 14.4. The first kappa shape index (κ1) is 25.8. The van der Waals surface area contributed by atoms with E-state index in [2.05, 4.69) is 4.98 Å². The summed E-state index contributed by atoms with van der Waals surface area (Å²) in [4.78, 5) is 15.8. The smallest absolute Gasteiger partial charge is 0.387 e. The van der Waals surface area contributed by atoms with Gasteiger partial charge in [-0.3, -0.25) is 18.1 Å². The third kappa shape index (κ3) is 5.03. The fraction of sp³-hybridized carbons (Fsp3) is 0.524. The van der Waals surface area contributed by atoms with Gasteiger partial charge in [0.1, 0.15) is 29.7 Å². The molecule has 0 bridgehead atoms. The number of nitrogens with zero attached hydrogens (tertiary/aromatic N) is 2. The van der Waals surface area contributed by atoms with E-state index in [1.165, 1.54) is 31.3 Å². The highest BCUT2D eigenvalue weighted by atomic mass is 31.2. The lowest BCUT2D eigenvalue weighted by molar-refractivity contribution is -0.100. The van der Waals surface area contributed by atoms with Gasteiger partial charge in [-0.2, -0.15) is 4.98 Å². The molecule has 2 aromatic rings. The van der Waals surface area contributed by atoms with Crippen LogP contribution >= 0.6 is 7.82 Å². The summed E-state index contributed by atoms with van der Waals surface area (Å²) in [5.41, 5.74) is 1.44. The van der Waals surface area contributed by atoms with Crippen molar-refractivity contribution in [3.8, 4) is 0 Å². The van der Waals surface area contributed by atoms with Crippen LogP contribution in [-0.2, 0) is 22.9 Å². The van der Waals surface area contributed by atoms with Crippen molar-refractivity contribution >= 4 is 13.6 Å². The number of ether oxygens (including phenoxy) is 1. The molecule has 192 valence electrons. The van der Waals surface area contributed by atoms with Crippen LogP contribution in [-0.4, -0.2) is 49.8 Å². The molecule has 4 N–H and O–H groups in total. The van der Waals surface area contributed by atoms with Crippen LogP contribution in [0.15, 0.2) is 35.3 Å². The molecule has 11 nitrogen and oxygen atoms in total. The number of nitrogen functional groups attached to an aromatic ring is 1. The molecule has 6 atom stereocenters. The van der Waals surface area contributed by atoms with Crippen molar-refractivity contribution in [2.45, 2.75) is 62.9 Å². The SMILES string of the molecule is CC1(C)CC(c2cccc(F)c2F)OP(=O)(OC[C@H]2O[C@@H](n3ccc(N)nc3=O)[C@](C)(O)[C@@H]2O)O1. The van der Waals surface area contributed by atoms with Crippen molar-refractivity contribution in [1.29, 1.82) is 0 Å². The highest BCUT2D eigenvalue weighted by molar-refractivity contribution is 7.48. The quantitative estimate of drug-likeness (QED) is 0.503. The van der Waals surface area contributed by atoms with E-state index in [-0.39, 0.29) is 17.8 Å². The van der Waals surface area contributed by atoms with E-state index in [0.717, 1.165) is 10.6 Å². The Labute approximate surface area is 199 Å². The van der Waals surface area contributed by atoms with Crippen molar-refractivity contribution in [1.82, 2.24) is 9.55 Å². The first-order valence-electron chi connectivity index (χ1n) is 10.7. The van der Waals surface area contributed by atoms with Gasteiger partial charge in [0.25, 0.3) is 0 Å². The van der Waals surface area contributed by atoms with Crippen molar-refractivity contribution in [2.75, 3.05) is 12.3 Å². The average molecular weight is 517 g/mol. The van der Waals surface area contributed by atoms with Crippen molar-refractivity contribution < 1.29 is 41.9 Å². The summed E-state index contributed by atoms with van der Waals surface area (Å²) in [5.74, 6) is -2.27. The number of hydrogen-bond donors (Lipinski definition) is 3. The highest BCUT2D eigenvalue weighted by Gasteiger charge is 2.55. The number of phosphoric ester groups is 1. The molecule has 0 saturated carbocycles. The predicted molar refractivity (Wildman–Crippen MR) is 117 cm³/mol. The Balaban J connectivity index is 1.53. The number of nitrogens with two attached hydrogens (primary N) is 1. The second kappa shape index (κ2) is 9.00. The van der Waals surface area contributed by atoms with Gasteiger partial charge in [-0.15, -0.1) is 0 Å². The first-order valence-corrected chi connectivity index (χ1v) is 12.2. The zero-order valence-electron chi connectivity index (χ0n) is 19.1. The molecule has 2 fully saturated rings. The summed E-state index contributed by atoms with van der Waals surface area (Å²) in [6.07, 6.45) is -4.08. The molecule has 35 heavy (non-hydrogen) atoms. The third-order valence-corrected chi connectivity index (χ3v) is 7.57. The molecule has 0 spiro atoms. The number of phosphoric acid groups is 1. The first-order chi connectivity index (χ1) is 16.2. The molecule has 1 aromatic heterocycles. The Morgan fingerprint density at radius 3 is 2.71 bits per heavy atom. The van der Waals surface area contributed by atoms with E-state index in [0.29, 0.717) is 0 Å². The number of aliphatic hydroxyl groups excluding tert-OH is 1. The lowest BCUT2D eigenvalue weighted by Crippen LogP contribution is -2.46. The molecule has 2 aliphatic rings. The predicted octanol–water partition coefficient (Wildman–Crippen LogP) is 2.19. The third-order valence-electron chi connectivity index (χ3n) is 5.88. The molecular formula is C21H26F2N3O8P. The number of rotatable bonds is 5. The van der Waals surface area contributed by atoms with Crippen molar-refractivity contribution in [3.63, 3.8) is 0 Å². The fourth-order valence-corrected chi connectivity index (χ4v) is 5.81. The van der Waals surface area contributed by atoms with E-state index in [1.807, 2.05) is 0 Å². The normalized spacial score (nSPS) is 34.7. The minimum Gasteiger partial charge on any atom is -0.387 e. The molecule has 3 heterocycles. The maximum absolute atomic E-state index is 14.4. The Morgan fingerprint density at radius 2 is 2.03 bits per heavy atom. The number of anilines is 1. The van der Waals surface area contributed by atoms with Crippen molar-refractivity contribution in [2.24, 2.45) is 0 Å². The Morgan fingerprint density at radius 1 is 1.31 bits per heavy atom. The van der Waals surface area contributed by atoms with Gasteiger partial charge in [-0.25, -0.2) is 18.1 Å². The number of halogens is 2. The van der Waals surface area contributed by atoms with Crippen LogP contribution in [0.3, 0.4) is 0 Å². The van der Waals surface area contributed by atoms with Crippen LogP contribution in [0.1, 0.15) is 45.1 Å². The topological polar surface area (TPSA) is 155 Å². The van der Waals surface area contributed by atoms with E-state index in [9.17, 15) is 28.4 Å². The van der Waals surface area contributed by atoms with Gasteiger partial charge in [0.15, 0.2) is 17.9 Å². The largest absolute Gasteiger partial charge is 0.476 e. The van der Waals surface area contributed by atoms with E-state index >= 15 is 0 Å². The second-order valence-electron chi connectivity index (χ2n) is 9.27. The van der Waals surface area contributed by atoms with Crippen LogP contribution in [0.25, 0.3) is 0 Å². The maximum Gasteiger partial charge on any atom is 0.476 e. The van der Waals surface area contributed by atoms with Gasteiger partial charge in [0, 0.05) is 18.2 Å². The van der Waals surface area contributed by atoms with E-state index in [1.54, 1.807) is 13.8 Å². The van der Waals surface area contributed by atoms with Gasteiger partial charge in [-0.05, 0) is 32.9 Å². The van der Waals surface area contributed by atoms with Gasteiger partial charge in [0.2, 0.25) is 0 Å². The Hall–Kier alpha value is -2.25. The summed E-state index contributed by atoms with van der Waals surface area (Å²) >= 11 is 0. The van der Waals surface area contributed by atoms with Crippen LogP contribution < -0.4 is 11.4 Å². The average Bonchev–Trinajstić information content (AvgIpc) is 2.96. The van der Waals surface area contributed by atoms with Gasteiger partial charge >= 0.3 is 13.5 Å². The van der Waals surface area contributed by atoms with Crippen LogP contribution in [0, 0.1) is 11.6 Å². The van der Waals surface area contributed by atoms with Crippen LogP contribution in [0.5, 0.6) is 0 Å². The molecule has 14 heteroatoms. The summed E-state index contributed by atoms with van der Waals surface area (Å²) < 4.78 is 64.4. The molecule has 0 amide bonds. The molecule has 4 rings (SSSR count). The highest BCUT2D eigenvalue weighted by Crippen LogP contribution is 2.62. The zero-order chi connectivity index (χ0) is 25.8. The lowest BCUT2D eigenvalue weighted by Gasteiger charge is -2.39. The number of hydrogen-bond acceptors (Lipinski definition) is 10. The standard InChI is InChI=1S/C21H26F2N3O8P/c1-20(2)9-13(11-5-4-6-12(22)16(11)23)33-35(30,34-20)31-10-14-17(27)21(3,29)18(32-14)26-8-7-15(24)25-19(26)28/h4-8,13-14,17-18,27,29H,9-10H2,1-3H3,(H2,24,25,28)/t13?,14-,17-,18-,21-,35?/m1/s1. The number of aliphatic hydroxyl groups is 2. The van der Waals surface area contributed by atoms with Crippen LogP contribution in [0.4, 0.5) is 14.6 Å². The lowest BCUT2D eigenvalue weighted by atomic mass is 9.96. The summed E-state index contributed by atoms with van der Waals surface area (Å²) in [7, 11) is -4.38. The summed E-state index contributed by atoms with van der Waals surface area (Å²) in [6, 6.07) is 4.86.